The summed E-state index contributed by atoms with van der Waals surface area (Å²) in [4.78, 5) is 4.24. The van der Waals surface area contributed by atoms with Crippen molar-refractivity contribution in [3.05, 3.63) is 12.2 Å². The van der Waals surface area contributed by atoms with Crippen molar-refractivity contribution >= 4 is 0 Å². The summed E-state index contributed by atoms with van der Waals surface area (Å²) in [6, 6.07) is 0.459. The van der Waals surface area contributed by atoms with Gasteiger partial charge in [0.05, 0.1) is 19.7 Å². The standard InChI is InChI=1S/C12H24N4O/c1-4-5-7-17-8-6-16-12(14-10-15-16)9-13-11(2)3/h10-11,13H,4-9H2,1-3H3. The highest BCUT2D eigenvalue weighted by Crippen LogP contribution is 1.96. The fourth-order valence-corrected chi connectivity index (χ4v) is 1.41. The van der Waals surface area contributed by atoms with Crippen LogP contribution in [0.2, 0.25) is 0 Å². The Balaban J connectivity index is 2.25. The van der Waals surface area contributed by atoms with Crippen LogP contribution in [0.5, 0.6) is 0 Å². The van der Waals surface area contributed by atoms with E-state index >= 15 is 0 Å². The molecule has 5 nitrogen and oxygen atoms in total. The number of ether oxygens (including phenoxy) is 1. The zero-order chi connectivity index (χ0) is 12.5. The fourth-order valence-electron chi connectivity index (χ4n) is 1.41. The van der Waals surface area contributed by atoms with Crippen molar-refractivity contribution in [1.29, 1.82) is 0 Å². The van der Waals surface area contributed by atoms with Gasteiger partial charge in [-0.15, -0.1) is 0 Å². The van der Waals surface area contributed by atoms with Crippen LogP contribution in [0.15, 0.2) is 6.33 Å². The van der Waals surface area contributed by atoms with Crippen molar-refractivity contribution in [1.82, 2.24) is 20.1 Å². The van der Waals surface area contributed by atoms with Crippen molar-refractivity contribution in [3.63, 3.8) is 0 Å². The van der Waals surface area contributed by atoms with Gasteiger partial charge in [-0.3, -0.25) is 0 Å². The predicted octanol–water partition coefficient (Wildman–Crippen LogP) is 1.59. The van der Waals surface area contributed by atoms with E-state index < -0.39 is 0 Å². The van der Waals surface area contributed by atoms with Crippen molar-refractivity contribution < 1.29 is 4.74 Å². The minimum absolute atomic E-state index is 0.459. The smallest absolute Gasteiger partial charge is 0.140 e. The molecule has 0 aliphatic rings. The number of hydrogen-bond donors (Lipinski definition) is 1. The van der Waals surface area contributed by atoms with Crippen LogP contribution >= 0.6 is 0 Å². The second kappa shape index (κ2) is 8.20. The van der Waals surface area contributed by atoms with E-state index in [9.17, 15) is 0 Å². The summed E-state index contributed by atoms with van der Waals surface area (Å²) >= 11 is 0. The molecule has 1 N–H and O–H groups in total. The number of nitrogens with one attached hydrogen (secondary N) is 1. The lowest BCUT2D eigenvalue weighted by atomic mass is 10.4. The number of hydrogen-bond acceptors (Lipinski definition) is 4. The molecule has 5 heteroatoms. The van der Waals surface area contributed by atoms with Gasteiger partial charge in [-0.25, -0.2) is 9.67 Å². The van der Waals surface area contributed by atoms with Crippen LogP contribution in [0.25, 0.3) is 0 Å². The topological polar surface area (TPSA) is 52.0 Å². The van der Waals surface area contributed by atoms with Crippen LogP contribution in [-0.2, 0) is 17.8 Å². The van der Waals surface area contributed by atoms with Gasteiger partial charge < -0.3 is 10.1 Å². The first-order valence-electron chi connectivity index (χ1n) is 6.41. The number of rotatable bonds is 9. The molecule has 0 fully saturated rings. The van der Waals surface area contributed by atoms with Crippen LogP contribution in [0.4, 0.5) is 0 Å². The molecule has 1 rings (SSSR count). The second-order valence-corrected chi connectivity index (χ2v) is 4.40. The van der Waals surface area contributed by atoms with Crippen LogP contribution in [0.3, 0.4) is 0 Å². The molecule has 1 heterocycles. The van der Waals surface area contributed by atoms with E-state index in [2.05, 4.69) is 36.2 Å². The van der Waals surface area contributed by atoms with Gasteiger partial charge in [-0.05, 0) is 6.42 Å². The molecule has 1 aromatic heterocycles. The molecule has 0 atom stereocenters. The summed E-state index contributed by atoms with van der Waals surface area (Å²) in [7, 11) is 0. The highest BCUT2D eigenvalue weighted by atomic mass is 16.5. The Morgan fingerprint density at radius 2 is 2.24 bits per heavy atom. The lowest BCUT2D eigenvalue weighted by molar-refractivity contribution is 0.120. The van der Waals surface area contributed by atoms with Crippen molar-refractivity contribution in [2.24, 2.45) is 0 Å². The highest BCUT2D eigenvalue weighted by Gasteiger charge is 2.04. The Morgan fingerprint density at radius 1 is 1.41 bits per heavy atom. The maximum Gasteiger partial charge on any atom is 0.140 e. The molecule has 0 aromatic carbocycles. The quantitative estimate of drug-likeness (QED) is 0.666. The van der Waals surface area contributed by atoms with Gasteiger partial charge in [-0.1, -0.05) is 27.2 Å². The average molecular weight is 240 g/mol. The number of unbranched alkanes of at least 4 members (excludes halogenated alkanes) is 1. The third kappa shape index (κ3) is 5.79. The first-order valence-corrected chi connectivity index (χ1v) is 6.41. The summed E-state index contributed by atoms with van der Waals surface area (Å²) in [5, 5.41) is 7.53. The molecule has 98 valence electrons. The van der Waals surface area contributed by atoms with Crippen LogP contribution in [-0.4, -0.2) is 34.0 Å². The van der Waals surface area contributed by atoms with E-state index in [4.69, 9.17) is 4.74 Å². The van der Waals surface area contributed by atoms with Crippen molar-refractivity contribution in [3.8, 4) is 0 Å². The lowest BCUT2D eigenvalue weighted by Crippen LogP contribution is -2.24. The van der Waals surface area contributed by atoms with Crippen LogP contribution < -0.4 is 5.32 Å². The Kier molecular flexibility index (Phi) is 6.81. The molecule has 0 saturated heterocycles. The molecular formula is C12H24N4O. The molecular weight excluding hydrogens is 216 g/mol. The molecule has 0 spiro atoms. The van der Waals surface area contributed by atoms with E-state index in [1.54, 1.807) is 6.33 Å². The molecule has 0 aliphatic heterocycles. The van der Waals surface area contributed by atoms with Crippen molar-refractivity contribution in [2.75, 3.05) is 13.2 Å². The van der Waals surface area contributed by atoms with E-state index in [1.807, 2.05) is 4.68 Å². The minimum atomic E-state index is 0.459. The third-order valence-electron chi connectivity index (χ3n) is 2.45. The van der Waals surface area contributed by atoms with Gasteiger partial charge in [0.2, 0.25) is 0 Å². The first-order chi connectivity index (χ1) is 8.24. The zero-order valence-corrected chi connectivity index (χ0v) is 11.1. The van der Waals surface area contributed by atoms with Gasteiger partial charge in [0.25, 0.3) is 0 Å². The SMILES string of the molecule is CCCCOCCn1ncnc1CNC(C)C. The minimum Gasteiger partial charge on any atom is -0.380 e. The molecule has 0 saturated carbocycles. The third-order valence-corrected chi connectivity index (χ3v) is 2.45. The molecule has 17 heavy (non-hydrogen) atoms. The molecule has 0 bridgehead atoms. The number of aromatic nitrogens is 3. The van der Waals surface area contributed by atoms with E-state index in [0.717, 1.165) is 31.9 Å². The number of nitrogens with zero attached hydrogens (tertiary/aromatic N) is 3. The maximum absolute atomic E-state index is 5.52. The Morgan fingerprint density at radius 3 is 2.94 bits per heavy atom. The molecule has 0 aliphatic carbocycles. The Bertz CT molecular complexity index is 298. The fraction of sp³-hybridized carbons (Fsp3) is 0.833. The van der Waals surface area contributed by atoms with E-state index in [0.29, 0.717) is 12.6 Å². The van der Waals surface area contributed by atoms with Crippen LogP contribution in [0.1, 0.15) is 39.4 Å². The average Bonchev–Trinajstić information content (AvgIpc) is 2.73. The zero-order valence-electron chi connectivity index (χ0n) is 11.1. The second-order valence-electron chi connectivity index (χ2n) is 4.40. The largest absolute Gasteiger partial charge is 0.380 e. The molecule has 0 amide bonds. The normalized spacial score (nSPS) is 11.3. The van der Waals surface area contributed by atoms with Gasteiger partial charge >= 0.3 is 0 Å². The Hall–Kier alpha value is -0.940. The van der Waals surface area contributed by atoms with Crippen molar-refractivity contribution in [2.45, 2.75) is 52.7 Å². The summed E-state index contributed by atoms with van der Waals surface area (Å²) in [5.74, 6) is 0.970. The maximum atomic E-state index is 5.52. The Labute approximate surface area is 104 Å². The van der Waals surface area contributed by atoms with E-state index in [1.165, 1.54) is 6.42 Å². The summed E-state index contributed by atoms with van der Waals surface area (Å²) in [6.07, 6.45) is 3.90. The van der Waals surface area contributed by atoms with Gasteiger partial charge in [0.15, 0.2) is 0 Å². The summed E-state index contributed by atoms with van der Waals surface area (Å²) in [5.41, 5.74) is 0. The van der Waals surface area contributed by atoms with Crippen LogP contribution in [0, 0.1) is 0 Å². The molecule has 0 radical (unpaired) electrons. The predicted molar refractivity (Wildman–Crippen MR) is 67.7 cm³/mol. The van der Waals surface area contributed by atoms with Gasteiger partial charge in [0.1, 0.15) is 12.2 Å². The highest BCUT2D eigenvalue weighted by molar-refractivity contribution is 4.84. The van der Waals surface area contributed by atoms with E-state index in [-0.39, 0.29) is 0 Å². The monoisotopic (exact) mass is 240 g/mol. The van der Waals surface area contributed by atoms with Gasteiger partial charge in [-0.2, -0.15) is 5.10 Å². The summed E-state index contributed by atoms with van der Waals surface area (Å²) in [6.45, 7) is 9.48. The first kappa shape index (κ1) is 14.1. The summed E-state index contributed by atoms with van der Waals surface area (Å²) < 4.78 is 7.42. The van der Waals surface area contributed by atoms with Gasteiger partial charge in [0, 0.05) is 12.6 Å². The molecule has 0 unspecified atom stereocenters. The molecule has 1 aromatic rings. The lowest BCUT2D eigenvalue weighted by Gasteiger charge is -2.09.